The van der Waals surface area contributed by atoms with E-state index in [1.54, 1.807) is 0 Å². The Morgan fingerprint density at radius 1 is 1.16 bits per heavy atom. The van der Waals surface area contributed by atoms with Gasteiger partial charge in [-0.05, 0) is 24.3 Å². The van der Waals surface area contributed by atoms with E-state index < -0.39 is 0 Å². The van der Waals surface area contributed by atoms with E-state index in [0.717, 1.165) is 58.4 Å². The fourth-order valence-electron chi connectivity index (χ4n) is 3.02. The number of benzene rings is 1. The number of aliphatic imine (C=N–C) groups is 1. The predicted octanol–water partition coefficient (Wildman–Crippen LogP) is 2.31. The summed E-state index contributed by atoms with van der Waals surface area (Å²) in [6, 6.07) is 10.6. The monoisotopic (exact) mass is 346 g/mol. The van der Waals surface area contributed by atoms with E-state index in [1.165, 1.54) is 5.56 Å². The Labute approximate surface area is 152 Å². The second-order valence-electron chi connectivity index (χ2n) is 6.93. The lowest BCUT2D eigenvalue weighted by Crippen LogP contribution is -2.41. The smallest absolute Gasteiger partial charge is 0.191 e. The zero-order valence-electron chi connectivity index (χ0n) is 16.0. The molecule has 1 fully saturated rings. The minimum Gasteiger partial charge on any atom is -0.379 e. The van der Waals surface area contributed by atoms with Gasteiger partial charge in [-0.3, -0.25) is 9.89 Å². The number of ether oxygens (including phenoxy) is 1. The molecule has 2 N–H and O–H groups in total. The number of nitrogens with zero attached hydrogens (tertiary/aromatic N) is 2. The van der Waals surface area contributed by atoms with Gasteiger partial charge in [-0.2, -0.15) is 0 Å². The molecular formula is C20H34N4O. The van der Waals surface area contributed by atoms with E-state index in [-0.39, 0.29) is 0 Å². The Morgan fingerprint density at radius 2 is 1.88 bits per heavy atom. The molecule has 2 rings (SSSR count). The molecule has 1 aromatic rings. The summed E-state index contributed by atoms with van der Waals surface area (Å²) in [5, 5.41) is 6.84. The third kappa shape index (κ3) is 7.45. The lowest BCUT2D eigenvalue weighted by molar-refractivity contribution is 0.0323. The number of morpholine rings is 1. The molecule has 1 heterocycles. The van der Waals surface area contributed by atoms with Crippen molar-refractivity contribution in [1.29, 1.82) is 0 Å². The molecule has 1 aliphatic heterocycles. The quantitative estimate of drug-likeness (QED) is 0.560. The molecule has 0 radical (unpaired) electrons. The lowest BCUT2D eigenvalue weighted by atomic mass is 10.0. The van der Waals surface area contributed by atoms with Crippen molar-refractivity contribution < 1.29 is 4.74 Å². The minimum atomic E-state index is 0.454. The van der Waals surface area contributed by atoms with Crippen LogP contribution in [0.4, 0.5) is 0 Å². The van der Waals surface area contributed by atoms with Gasteiger partial charge in [0.2, 0.25) is 0 Å². The van der Waals surface area contributed by atoms with Crippen LogP contribution in [0.2, 0.25) is 0 Å². The van der Waals surface area contributed by atoms with Crippen LogP contribution in [0, 0.1) is 5.92 Å². The highest BCUT2D eigenvalue weighted by Gasteiger charge is 2.13. The summed E-state index contributed by atoms with van der Waals surface area (Å²) in [7, 11) is 0. The maximum absolute atomic E-state index is 5.41. The third-order valence-electron chi connectivity index (χ3n) is 4.52. The number of nitrogens with one attached hydrogen (secondary N) is 2. The number of guanidine groups is 1. The molecule has 0 aromatic heterocycles. The normalized spacial score (nSPS) is 18.6. The molecular weight excluding hydrogens is 312 g/mol. The van der Waals surface area contributed by atoms with Crippen LogP contribution in [-0.4, -0.2) is 63.3 Å². The average Bonchev–Trinajstić information content (AvgIpc) is 2.65. The standard InChI is InChI=1S/C20H34N4O/c1-4-21-20(23-15-18(3)19-8-6-5-7-9-19)22-14-17(2)16-24-10-12-25-13-11-24/h5-9,17-18H,4,10-16H2,1-3H3,(H2,21,22,23). The maximum atomic E-state index is 5.41. The van der Waals surface area contributed by atoms with Gasteiger partial charge in [0.05, 0.1) is 13.2 Å². The molecule has 1 aromatic carbocycles. The van der Waals surface area contributed by atoms with Crippen molar-refractivity contribution in [2.45, 2.75) is 26.7 Å². The van der Waals surface area contributed by atoms with Gasteiger partial charge in [-0.1, -0.05) is 44.2 Å². The fraction of sp³-hybridized carbons (Fsp3) is 0.650. The van der Waals surface area contributed by atoms with Crippen molar-refractivity contribution in [3.8, 4) is 0 Å². The summed E-state index contributed by atoms with van der Waals surface area (Å²) < 4.78 is 5.41. The van der Waals surface area contributed by atoms with E-state index in [2.05, 4.69) is 66.6 Å². The first-order chi connectivity index (χ1) is 12.2. The summed E-state index contributed by atoms with van der Waals surface area (Å²) in [5.74, 6) is 1.91. The van der Waals surface area contributed by atoms with Crippen molar-refractivity contribution in [3.05, 3.63) is 35.9 Å². The van der Waals surface area contributed by atoms with Gasteiger partial charge in [0.25, 0.3) is 0 Å². The van der Waals surface area contributed by atoms with Gasteiger partial charge in [0, 0.05) is 39.3 Å². The molecule has 140 valence electrons. The van der Waals surface area contributed by atoms with Crippen LogP contribution in [0.1, 0.15) is 32.3 Å². The number of rotatable bonds is 8. The average molecular weight is 347 g/mol. The van der Waals surface area contributed by atoms with Gasteiger partial charge in [0.1, 0.15) is 0 Å². The summed E-state index contributed by atoms with van der Waals surface area (Å²) in [4.78, 5) is 7.25. The molecule has 5 nitrogen and oxygen atoms in total. The van der Waals surface area contributed by atoms with Crippen molar-refractivity contribution >= 4 is 5.96 Å². The first kappa shape index (κ1) is 19.7. The van der Waals surface area contributed by atoms with Gasteiger partial charge < -0.3 is 15.4 Å². The van der Waals surface area contributed by atoms with Crippen LogP contribution in [0.15, 0.2) is 35.3 Å². The second-order valence-corrected chi connectivity index (χ2v) is 6.93. The van der Waals surface area contributed by atoms with Crippen LogP contribution < -0.4 is 10.6 Å². The predicted molar refractivity (Wildman–Crippen MR) is 105 cm³/mol. The number of hydrogen-bond donors (Lipinski definition) is 2. The highest BCUT2D eigenvalue weighted by molar-refractivity contribution is 5.79. The molecule has 0 saturated carbocycles. The van der Waals surface area contributed by atoms with E-state index in [9.17, 15) is 0 Å². The molecule has 25 heavy (non-hydrogen) atoms. The molecule has 0 bridgehead atoms. The van der Waals surface area contributed by atoms with Crippen LogP contribution in [0.5, 0.6) is 0 Å². The Balaban J connectivity index is 1.78. The minimum absolute atomic E-state index is 0.454. The van der Waals surface area contributed by atoms with Crippen molar-refractivity contribution in [2.75, 3.05) is 52.5 Å². The summed E-state index contributed by atoms with van der Waals surface area (Å²) in [5.41, 5.74) is 1.35. The van der Waals surface area contributed by atoms with E-state index in [4.69, 9.17) is 9.73 Å². The maximum Gasteiger partial charge on any atom is 0.191 e. The molecule has 1 saturated heterocycles. The molecule has 0 amide bonds. The highest BCUT2D eigenvalue weighted by atomic mass is 16.5. The molecule has 0 aliphatic carbocycles. The first-order valence-corrected chi connectivity index (χ1v) is 9.56. The summed E-state index contributed by atoms with van der Waals surface area (Å²) >= 11 is 0. The molecule has 5 heteroatoms. The van der Waals surface area contributed by atoms with Gasteiger partial charge in [0.15, 0.2) is 5.96 Å². The van der Waals surface area contributed by atoms with Crippen molar-refractivity contribution in [1.82, 2.24) is 15.5 Å². The Morgan fingerprint density at radius 3 is 2.56 bits per heavy atom. The van der Waals surface area contributed by atoms with Crippen molar-refractivity contribution in [2.24, 2.45) is 10.9 Å². The molecule has 1 aliphatic rings. The SMILES string of the molecule is CCNC(=NCC(C)CN1CCOCC1)NCC(C)c1ccccc1. The molecule has 0 spiro atoms. The van der Waals surface area contributed by atoms with Gasteiger partial charge in [-0.15, -0.1) is 0 Å². The number of hydrogen-bond acceptors (Lipinski definition) is 3. The van der Waals surface area contributed by atoms with E-state index in [1.807, 2.05) is 0 Å². The zero-order valence-corrected chi connectivity index (χ0v) is 16.0. The summed E-state index contributed by atoms with van der Waals surface area (Å²) in [6.07, 6.45) is 0. The van der Waals surface area contributed by atoms with Crippen LogP contribution in [0.25, 0.3) is 0 Å². The molecule has 2 atom stereocenters. The third-order valence-corrected chi connectivity index (χ3v) is 4.52. The van der Waals surface area contributed by atoms with E-state index >= 15 is 0 Å². The lowest BCUT2D eigenvalue weighted by Gasteiger charge is -2.28. The van der Waals surface area contributed by atoms with Crippen LogP contribution in [-0.2, 0) is 4.74 Å². The Hall–Kier alpha value is -1.59. The molecule has 2 unspecified atom stereocenters. The van der Waals surface area contributed by atoms with Crippen molar-refractivity contribution in [3.63, 3.8) is 0 Å². The Bertz CT molecular complexity index is 500. The van der Waals surface area contributed by atoms with E-state index in [0.29, 0.717) is 11.8 Å². The fourth-order valence-corrected chi connectivity index (χ4v) is 3.02. The van der Waals surface area contributed by atoms with Gasteiger partial charge in [-0.25, -0.2) is 0 Å². The first-order valence-electron chi connectivity index (χ1n) is 9.56. The summed E-state index contributed by atoms with van der Waals surface area (Å²) in [6.45, 7) is 14.1. The zero-order chi connectivity index (χ0) is 17.9. The topological polar surface area (TPSA) is 48.9 Å². The highest BCUT2D eigenvalue weighted by Crippen LogP contribution is 2.12. The second kappa shape index (κ2) is 11.1. The van der Waals surface area contributed by atoms with Gasteiger partial charge >= 0.3 is 0 Å². The Kier molecular flexibility index (Phi) is 8.77. The van der Waals surface area contributed by atoms with Crippen LogP contribution >= 0.6 is 0 Å². The van der Waals surface area contributed by atoms with Crippen LogP contribution in [0.3, 0.4) is 0 Å². The largest absolute Gasteiger partial charge is 0.379 e.